The summed E-state index contributed by atoms with van der Waals surface area (Å²) in [5, 5.41) is 0. The van der Waals surface area contributed by atoms with Crippen molar-refractivity contribution in [2.75, 3.05) is 32.7 Å². The Hall–Kier alpha value is -0.710. The maximum Gasteiger partial charge on any atom is 0.164 e. The molecule has 0 amide bonds. The summed E-state index contributed by atoms with van der Waals surface area (Å²) in [5.41, 5.74) is 0.814. The van der Waals surface area contributed by atoms with Crippen LogP contribution in [0.25, 0.3) is 0 Å². The lowest BCUT2D eigenvalue weighted by molar-refractivity contribution is 0.0890. The summed E-state index contributed by atoms with van der Waals surface area (Å²) in [5.74, 6) is 0.240. The van der Waals surface area contributed by atoms with Gasteiger partial charge in [-0.15, -0.1) is 0 Å². The van der Waals surface area contributed by atoms with Crippen LogP contribution in [0.5, 0.6) is 0 Å². The Morgan fingerprint density at radius 3 is 2.30 bits per heavy atom. The van der Waals surface area contributed by atoms with E-state index >= 15 is 0 Å². The minimum atomic E-state index is 0.240. The van der Waals surface area contributed by atoms with Crippen LogP contribution in [0.1, 0.15) is 30.6 Å². The molecule has 0 spiro atoms. The van der Waals surface area contributed by atoms with E-state index in [9.17, 15) is 4.79 Å². The number of Topliss-reactive ketones (excluding diaryl/α,β-unsaturated/α-hetero) is 1. The molecule has 1 aromatic carbocycles. The monoisotopic (exact) mass is 338 g/mol. The van der Waals surface area contributed by atoms with Crippen LogP contribution in [0.15, 0.2) is 28.7 Å². The van der Waals surface area contributed by atoms with Crippen molar-refractivity contribution in [2.24, 2.45) is 0 Å². The Kier molecular flexibility index (Phi) is 5.75. The predicted molar refractivity (Wildman–Crippen MR) is 86.2 cm³/mol. The van der Waals surface area contributed by atoms with Crippen molar-refractivity contribution in [3.8, 4) is 0 Å². The lowest BCUT2D eigenvalue weighted by Crippen LogP contribution is -2.49. The number of halogens is 1. The average Bonchev–Trinajstić information content (AvgIpc) is 2.46. The van der Waals surface area contributed by atoms with Gasteiger partial charge in [-0.1, -0.05) is 28.1 Å². The molecule has 1 fully saturated rings. The highest BCUT2D eigenvalue weighted by Crippen LogP contribution is 2.13. The van der Waals surface area contributed by atoms with E-state index in [1.807, 2.05) is 24.3 Å². The third-order valence-corrected chi connectivity index (χ3v) is 4.49. The van der Waals surface area contributed by atoms with Crippen molar-refractivity contribution in [3.05, 3.63) is 34.3 Å². The number of rotatable bonds is 5. The summed E-state index contributed by atoms with van der Waals surface area (Å²) in [6.45, 7) is 9.74. The normalized spacial score (nSPS) is 17.6. The minimum Gasteiger partial charge on any atom is -0.300 e. The number of ketones is 1. The van der Waals surface area contributed by atoms with Gasteiger partial charge < -0.3 is 4.90 Å². The van der Waals surface area contributed by atoms with Gasteiger partial charge in [-0.25, -0.2) is 0 Å². The first-order valence-corrected chi connectivity index (χ1v) is 8.11. The molecule has 1 aromatic rings. The van der Waals surface area contributed by atoms with E-state index in [4.69, 9.17) is 0 Å². The lowest BCUT2D eigenvalue weighted by Gasteiger charge is -2.36. The summed E-state index contributed by atoms with van der Waals surface area (Å²) in [4.78, 5) is 17.0. The van der Waals surface area contributed by atoms with E-state index in [0.29, 0.717) is 12.5 Å². The molecule has 0 unspecified atom stereocenters. The summed E-state index contributed by atoms with van der Waals surface area (Å²) < 4.78 is 1.01. The third-order valence-electron chi connectivity index (χ3n) is 3.96. The maximum atomic E-state index is 12.1. The highest BCUT2D eigenvalue weighted by atomic mass is 79.9. The smallest absolute Gasteiger partial charge is 0.164 e. The molecule has 0 N–H and O–H groups in total. The molecule has 0 aliphatic carbocycles. The Labute approximate surface area is 130 Å². The lowest BCUT2D eigenvalue weighted by atomic mass is 10.1. The number of nitrogens with zero attached hydrogens (tertiary/aromatic N) is 2. The molecular weight excluding hydrogens is 316 g/mol. The van der Waals surface area contributed by atoms with Crippen molar-refractivity contribution < 1.29 is 4.79 Å². The van der Waals surface area contributed by atoms with Gasteiger partial charge in [-0.05, 0) is 26.0 Å². The second-order valence-electron chi connectivity index (χ2n) is 5.65. The van der Waals surface area contributed by atoms with Crippen molar-refractivity contribution in [2.45, 2.75) is 26.3 Å². The van der Waals surface area contributed by atoms with E-state index in [1.54, 1.807) is 0 Å². The van der Waals surface area contributed by atoms with Gasteiger partial charge in [-0.2, -0.15) is 0 Å². The summed E-state index contributed by atoms with van der Waals surface area (Å²) >= 11 is 3.39. The van der Waals surface area contributed by atoms with Crippen molar-refractivity contribution in [1.82, 2.24) is 9.80 Å². The second-order valence-corrected chi connectivity index (χ2v) is 6.57. The van der Waals surface area contributed by atoms with E-state index in [1.165, 1.54) is 0 Å². The summed E-state index contributed by atoms with van der Waals surface area (Å²) in [7, 11) is 0. The van der Waals surface area contributed by atoms with Crippen LogP contribution < -0.4 is 0 Å². The Balaban J connectivity index is 1.76. The Morgan fingerprint density at radius 1 is 1.15 bits per heavy atom. The third kappa shape index (κ3) is 4.40. The predicted octanol–water partition coefficient (Wildman–Crippen LogP) is 3.05. The number of benzene rings is 1. The molecule has 1 aliphatic rings. The second kappa shape index (κ2) is 7.34. The molecule has 0 atom stereocenters. The highest BCUT2D eigenvalue weighted by Gasteiger charge is 2.19. The minimum absolute atomic E-state index is 0.240. The van der Waals surface area contributed by atoms with Crippen LogP contribution in [0.2, 0.25) is 0 Å². The number of hydrogen-bond donors (Lipinski definition) is 0. The molecule has 110 valence electrons. The highest BCUT2D eigenvalue weighted by molar-refractivity contribution is 9.10. The van der Waals surface area contributed by atoms with Gasteiger partial charge in [0.15, 0.2) is 5.78 Å². The summed E-state index contributed by atoms with van der Waals surface area (Å²) in [6, 6.07) is 8.26. The van der Waals surface area contributed by atoms with Crippen LogP contribution in [-0.2, 0) is 0 Å². The molecule has 0 saturated carbocycles. The molecule has 1 aliphatic heterocycles. The van der Waals surface area contributed by atoms with Crippen molar-refractivity contribution in [3.63, 3.8) is 0 Å². The van der Waals surface area contributed by atoms with Gasteiger partial charge in [-0.3, -0.25) is 9.69 Å². The molecule has 3 nitrogen and oxygen atoms in total. The molecule has 1 saturated heterocycles. The number of carbonyl (C=O) groups is 1. The Morgan fingerprint density at radius 2 is 1.75 bits per heavy atom. The fourth-order valence-corrected chi connectivity index (χ4v) is 2.81. The zero-order valence-corrected chi connectivity index (χ0v) is 13.9. The molecule has 0 radical (unpaired) electrons. The SMILES string of the molecule is CC(C)N1CCN(CCC(=O)c2ccc(Br)cc2)CC1. The molecule has 4 heteroatoms. The molecule has 0 bridgehead atoms. The maximum absolute atomic E-state index is 12.1. The van der Waals surface area contributed by atoms with Gasteiger partial charge in [0.1, 0.15) is 0 Å². The van der Waals surface area contributed by atoms with E-state index in [2.05, 4.69) is 39.6 Å². The first-order valence-electron chi connectivity index (χ1n) is 7.31. The Bertz CT molecular complexity index is 436. The fourth-order valence-electron chi connectivity index (χ4n) is 2.54. The van der Waals surface area contributed by atoms with Crippen molar-refractivity contribution in [1.29, 1.82) is 0 Å². The largest absolute Gasteiger partial charge is 0.300 e. The average molecular weight is 339 g/mol. The number of carbonyl (C=O) groups excluding carboxylic acids is 1. The zero-order valence-electron chi connectivity index (χ0n) is 12.3. The first-order chi connectivity index (χ1) is 9.56. The van der Waals surface area contributed by atoms with Gasteiger partial charge >= 0.3 is 0 Å². The van der Waals surface area contributed by atoms with E-state index < -0.39 is 0 Å². The first kappa shape index (κ1) is 15.7. The van der Waals surface area contributed by atoms with Crippen LogP contribution in [0.4, 0.5) is 0 Å². The fraction of sp³-hybridized carbons (Fsp3) is 0.562. The molecule has 20 heavy (non-hydrogen) atoms. The van der Waals surface area contributed by atoms with Gasteiger partial charge in [0, 0.05) is 55.2 Å². The molecule has 1 heterocycles. The summed E-state index contributed by atoms with van der Waals surface area (Å²) in [6.07, 6.45) is 0.614. The number of hydrogen-bond acceptors (Lipinski definition) is 3. The van der Waals surface area contributed by atoms with Gasteiger partial charge in [0.25, 0.3) is 0 Å². The van der Waals surface area contributed by atoms with Crippen molar-refractivity contribution >= 4 is 21.7 Å². The van der Waals surface area contributed by atoms with Crippen LogP contribution in [0.3, 0.4) is 0 Å². The standard InChI is InChI=1S/C16H23BrN2O/c1-13(2)19-11-9-18(10-12-19)8-7-16(20)14-3-5-15(17)6-4-14/h3-6,13H,7-12H2,1-2H3. The van der Waals surface area contributed by atoms with Crippen LogP contribution in [0, 0.1) is 0 Å². The molecule has 0 aromatic heterocycles. The van der Waals surface area contributed by atoms with E-state index in [0.717, 1.165) is 42.8 Å². The zero-order chi connectivity index (χ0) is 14.5. The van der Waals surface area contributed by atoms with Gasteiger partial charge in [0.2, 0.25) is 0 Å². The topological polar surface area (TPSA) is 23.6 Å². The molecular formula is C16H23BrN2O. The van der Waals surface area contributed by atoms with Crippen LogP contribution in [-0.4, -0.2) is 54.3 Å². The number of piperazine rings is 1. The quantitative estimate of drug-likeness (QED) is 0.771. The van der Waals surface area contributed by atoms with Gasteiger partial charge in [0.05, 0.1) is 0 Å². The van der Waals surface area contributed by atoms with Crippen LogP contribution >= 0.6 is 15.9 Å². The van der Waals surface area contributed by atoms with E-state index in [-0.39, 0.29) is 5.78 Å². The molecule has 2 rings (SSSR count).